The van der Waals surface area contributed by atoms with Crippen molar-refractivity contribution in [2.45, 2.75) is 51.0 Å². The zero-order valence-electron chi connectivity index (χ0n) is 18.5. The van der Waals surface area contributed by atoms with Crippen molar-refractivity contribution in [1.82, 2.24) is 10.2 Å². The van der Waals surface area contributed by atoms with Crippen LogP contribution < -0.4 is 10.1 Å². The highest BCUT2D eigenvalue weighted by atomic mass is 16.5. The number of likely N-dealkylation sites (N-methyl/N-ethyl adjacent to an activating group) is 1. The maximum absolute atomic E-state index is 12.2. The number of ether oxygens (including phenoxy) is 1. The molecule has 1 saturated carbocycles. The van der Waals surface area contributed by atoms with Crippen LogP contribution in [0, 0.1) is 11.3 Å². The van der Waals surface area contributed by atoms with Gasteiger partial charge in [-0.3, -0.25) is 14.9 Å². The number of fused-ring (bicyclic) bond motifs is 1. The van der Waals surface area contributed by atoms with Gasteiger partial charge in [0.15, 0.2) is 0 Å². The number of imide groups is 1. The number of rotatable bonds is 7. The summed E-state index contributed by atoms with van der Waals surface area (Å²) in [5.41, 5.74) is 0.362. The highest BCUT2D eigenvalue weighted by molar-refractivity contribution is 6.21. The molecular formula is C25H31N3O4. The second kappa shape index (κ2) is 9.69. The molecule has 0 bridgehead atoms. The normalized spacial score (nSPS) is 19.9. The Morgan fingerprint density at radius 1 is 1.16 bits per heavy atom. The Bertz CT molecular complexity index is 1030. The topological polar surface area (TPSA) is 103 Å². The molecule has 1 aliphatic carbocycles. The van der Waals surface area contributed by atoms with E-state index >= 15 is 0 Å². The predicted molar refractivity (Wildman–Crippen MR) is 123 cm³/mol. The number of phenolic OH excluding ortho intramolecular Hbond substituents is 1. The molecule has 0 aromatic heterocycles. The Morgan fingerprint density at radius 3 is 2.69 bits per heavy atom. The summed E-state index contributed by atoms with van der Waals surface area (Å²) in [5, 5.41) is 22.9. The maximum atomic E-state index is 12.2. The molecule has 2 aliphatic rings. The molecule has 0 spiro atoms. The Kier molecular flexibility index (Phi) is 6.74. The monoisotopic (exact) mass is 437 g/mol. The van der Waals surface area contributed by atoms with Gasteiger partial charge in [0.1, 0.15) is 18.1 Å². The van der Waals surface area contributed by atoms with Crippen LogP contribution in [0.5, 0.6) is 11.5 Å². The van der Waals surface area contributed by atoms with Crippen LogP contribution in [-0.4, -0.2) is 53.8 Å². The van der Waals surface area contributed by atoms with E-state index in [-0.39, 0.29) is 30.2 Å². The van der Waals surface area contributed by atoms with Gasteiger partial charge in [0.05, 0.1) is 11.6 Å². The smallest absolute Gasteiger partial charge is 0.235 e. The molecule has 170 valence electrons. The van der Waals surface area contributed by atoms with E-state index in [4.69, 9.17) is 10.1 Å². The van der Waals surface area contributed by atoms with Crippen molar-refractivity contribution in [3.05, 3.63) is 35.9 Å². The summed E-state index contributed by atoms with van der Waals surface area (Å²) in [5.74, 6) is -0.869. The van der Waals surface area contributed by atoms with Gasteiger partial charge in [-0.05, 0) is 61.3 Å². The number of hydrogen-bond acceptors (Lipinski definition) is 6. The second-order valence-corrected chi connectivity index (χ2v) is 8.88. The molecule has 1 unspecified atom stereocenters. The van der Waals surface area contributed by atoms with E-state index in [0.717, 1.165) is 17.7 Å². The third-order valence-corrected chi connectivity index (χ3v) is 6.74. The van der Waals surface area contributed by atoms with Crippen molar-refractivity contribution in [1.29, 1.82) is 5.41 Å². The van der Waals surface area contributed by atoms with Crippen molar-refractivity contribution >= 4 is 28.3 Å². The molecule has 1 saturated heterocycles. The molecule has 2 aromatic carbocycles. The van der Waals surface area contributed by atoms with E-state index in [1.807, 2.05) is 18.2 Å². The van der Waals surface area contributed by atoms with Gasteiger partial charge in [0.25, 0.3) is 0 Å². The molecule has 3 N–H and O–H groups in total. The van der Waals surface area contributed by atoms with Crippen molar-refractivity contribution in [2.24, 2.45) is 5.92 Å². The summed E-state index contributed by atoms with van der Waals surface area (Å²) < 4.78 is 5.99. The standard InChI is InChI=1S/C25H31N3O4/c1-28(17-5-3-2-4-6-17)13-14-32-18-8-9-19-16(15-18)7-11-21(29)23(19)24(26)20-10-12-22(30)27-25(20)31/h7-9,11,15,17,20,26,29H,2-6,10,12-14H2,1H3,(H,27,30,31). The Labute approximate surface area is 188 Å². The third kappa shape index (κ3) is 4.78. The molecule has 7 heteroatoms. The van der Waals surface area contributed by atoms with Gasteiger partial charge in [-0.1, -0.05) is 25.3 Å². The average molecular weight is 438 g/mol. The number of carbonyl (C=O) groups is 2. The van der Waals surface area contributed by atoms with Crippen molar-refractivity contribution in [2.75, 3.05) is 20.2 Å². The number of phenols is 1. The van der Waals surface area contributed by atoms with Crippen molar-refractivity contribution in [3.63, 3.8) is 0 Å². The molecule has 0 radical (unpaired) electrons. The predicted octanol–water partition coefficient (Wildman–Crippen LogP) is 3.61. The first kappa shape index (κ1) is 22.3. The van der Waals surface area contributed by atoms with E-state index in [0.29, 0.717) is 23.6 Å². The molecule has 1 atom stereocenters. The lowest BCUT2D eigenvalue weighted by Crippen LogP contribution is -2.43. The molecule has 32 heavy (non-hydrogen) atoms. The van der Waals surface area contributed by atoms with Crippen molar-refractivity contribution in [3.8, 4) is 11.5 Å². The van der Waals surface area contributed by atoms with Crippen molar-refractivity contribution < 1.29 is 19.4 Å². The molecule has 1 aliphatic heterocycles. The van der Waals surface area contributed by atoms with Crippen LogP contribution in [0.2, 0.25) is 0 Å². The Hall–Kier alpha value is -2.93. The van der Waals surface area contributed by atoms with E-state index in [1.54, 1.807) is 12.1 Å². The van der Waals surface area contributed by atoms with E-state index in [2.05, 4.69) is 17.3 Å². The number of carbonyl (C=O) groups excluding carboxylic acids is 2. The summed E-state index contributed by atoms with van der Waals surface area (Å²) in [6.07, 6.45) is 6.95. The van der Waals surface area contributed by atoms with Crippen LogP contribution in [0.1, 0.15) is 50.5 Å². The maximum Gasteiger partial charge on any atom is 0.235 e. The SMILES string of the molecule is CN(CCOc1ccc2c(C(=N)C3CCC(=O)NC3=O)c(O)ccc2c1)C1CCCCC1. The average Bonchev–Trinajstić information content (AvgIpc) is 2.79. The van der Waals surface area contributed by atoms with Gasteiger partial charge >= 0.3 is 0 Å². The minimum atomic E-state index is -0.754. The number of piperidine rings is 1. The number of hydrogen-bond donors (Lipinski definition) is 3. The quantitative estimate of drug-likeness (QED) is 0.454. The van der Waals surface area contributed by atoms with Crippen LogP contribution in [0.4, 0.5) is 0 Å². The lowest BCUT2D eigenvalue weighted by molar-refractivity contribution is -0.134. The number of benzene rings is 2. The fraction of sp³-hybridized carbons (Fsp3) is 0.480. The third-order valence-electron chi connectivity index (χ3n) is 6.74. The number of aromatic hydroxyl groups is 1. The summed E-state index contributed by atoms with van der Waals surface area (Å²) >= 11 is 0. The molecule has 1 heterocycles. The largest absolute Gasteiger partial charge is 0.507 e. The van der Waals surface area contributed by atoms with Gasteiger partial charge in [-0.2, -0.15) is 0 Å². The fourth-order valence-corrected chi connectivity index (χ4v) is 4.82. The molecule has 2 aromatic rings. The van der Waals surface area contributed by atoms with Gasteiger partial charge in [-0.25, -0.2) is 0 Å². The zero-order chi connectivity index (χ0) is 22.7. The van der Waals surface area contributed by atoms with E-state index in [1.165, 1.54) is 32.1 Å². The summed E-state index contributed by atoms with van der Waals surface area (Å²) in [6.45, 7) is 1.46. The second-order valence-electron chi connectivity index (χ2n) is 8.88. The Balaban J connectivity index is 1.46. The Morgan fingerprint density at radius 2 is 1.94 bits per heavy atom. The summed E-state index contributed by atoms with van der Waals surface area (Å²) in [7, 11) is 2.16. The lowest BCUT2D eigenvalue weighted by atomic mass is 9.86. The lowest BCUT2D eigenvalue weighted by Gasteiger charge is -2.31. The minimum absolute atomic E-state index is 0.0286. The summed E-state index contributed by atoms with van der Waals surface area (Å²) in [6, 6.07) is 9.53. The van der Waals surface area contributed by atoms with Gasteiger partial charge in [-0.15, -0.1) is 0 Å². The van der Waals surface area contributed by atoms with Gasteiger partial charge in [0.2, 0.25) is 11.8 Å². The first-order valence-corrected chi connectivity index (χ1v) is 11.5. The van der Waals surface area contributed by atoms with Crippen LogP contribution in [0.15, 0.2) is 30.3 Å². The van der Waals surface area contributed by atoms with E-state index in [9.17, 15) is 14.7 Å². The minimum Gasteiger partial charge on any atom is -0.507 e. The zero-order valence-corrected chi connectivity index (χ0v) is 18.5. The highest BCUT2D eigenvalue weighted by Crippen LogP contribution is 2.33. The van der Waals surface area contributed by atoms with Crippen LogP contribution in [-0.2, 0) is 9.59 Å². The first-order chi connectivity index (χ1) is 15.4. The molecule has 4 rings (SSSR count). The fourth-order valence-electron chi connectivity index (χ4n) is 4.82. The highest BCUT2D eigenvalue weighted by Gasteiger charge is 2.32. The van der Waals surface area contributed by atoms with E-state index < -0.39 is 11.8 Å². The van der Waals surface area contributed by atoms with Gasteiger partial charge < -0.3 is 20.2 Å². The molecule has 2 amide bonds. The number of nitrogens with one attached hydrogen (secondary N) is 2. The van der Waals surface area contributed by atoms with Crippen LogP contribution in [0.3, 0.4) is 0 Å². The summed E-state index contributed by atoms with van der Waals surface area (Å²) in [4.78, 5) is 26.1. The van der Waals surface area contributed by atoms with Gasteiger partial charge in [0, 0.05) is 24.6 Å². The van der Waals surface area contributed by atoms with Crippen LogP contribution >= 0.6 is 0 Å². The molecular weight excluding hydrogens is 406 g/mol. The van der Waals surface area contributed by atoms with Crippen LogP contribution in [0.25, 0.3) is 10.8 Å². The molecule has 2 fully saturated rings. The molecule has 7 nitrogen and oxygen atoms in total. The first-order valence-electron chi connectivity index (χ1n) is 11.5. The number of nitrogens with zero attached hydrogens (tertiary/aromatic N) is 1. The number of amides is 2.